The number of carboxylic acid groups (broad SMARTS) is 2. The fourth-order valence-corrected chi connectivity index (χ4v) is 3.80. The number of aliphatic carboxylic acids is 2. The van der Waals surface area contributed by atoms with Gasteiger partial charge in [-0.2, -0.15) is 0 Å². The van der Waals surface area contributed by atoms with Crippen molar-refractivity contribution < 1.29 is 29.3 Å². The first-order valence-corrected chi connectivity index (χ1v) is 9.81. The molecule has 1 aromatic rings. The SMILES string of the molecule is CCc1c(C)[nH]c2c1C(=O)C(CN1CCOCC1)CC2.O=C(O)CCC(=O)O. The standard InChI is InChI=1S/C16H24N2O2.C4H6O4/c1-3-13-11(2)17-14-5-4-12(16(19)15(13)14)10-18-6-8-20-9-7-18;5-3(6)1-2-4(7)8/h12,17H,3-10H2,1-2H3;1-2H2,(H,5,6)(H,7,8). The van der Waals surface area contributed by atoms with Crippen LogP contribution in [-0.2, 0) is 27.2 Å². The number of aromatic amines is 1. The number of aryl methyl sites for hydroxylation is 2. The van der Waals surface area contributed by atoms with Crippen LogP contribution in [0, 0.1) is 12.8 Å². The zero-order valence-corrected chi connectivity index (χ0v) is 16.6. The lowest BCUT2D eigenvalue weighted by molar-refractivity contribution is -0.143. The summed E-state index contributed by atoms with van der Waals surface area (Å²) in [6, 6.07) is 0. The molecule has 2 aliphatic rings. The zero-order chi connectivity index (χ0) is 20.7. The largest absolute Gasteiger partial charge is 0.481 e. The van der Waals surface area contributed by atoms with E-state index in [0.717, 1.165) is 57.7 Å². The first kappa shape index (κ1) is 22.1. The molecule has 8 nitrogen and oxygen atoms in total. The van der Waals surface area contributed by atoms with Gasteiger partial charge in [-0.05, 0) is 31.7 Å². The van der Waals surface area contributed by atoms with E-state index < -0.39 is 11.9 Å². The molecule has 0 amide bonds. The Morgan fingerprint density at radius 2 is 1.79 bits per heavy atom. The average molecular weight is 394 g/mol. The molecule has 2 heterocycles. The zero-order valence-electron chi connectivity index (χ0n) is 16.6. The summed E-state index contributed by atoms with van der Waals surface area (Å²) in [5.74, 6) is -1.63. The molecule has 1 unspecified atom stereocenters. The van der Waals surface area contributed by atoms with Gasteiger partial charge in [0.1, 0.15) is 0 Å². The number of morpholine rings is 1. The van der Waals surface area contributed by atoms with Crippen LogP contribution in [0.15, 0.2) is 0 Å². The molecule has 0 spiro atoms. The smallest absolute Gasteiger partial charge is 0.303 e. The summed E-state index contributed by atoms with van der Waals surface area (Å²) in [6.45, 7) is 8.64. The van der Waals surface area contributed by atoms with E-state index in [9.17, 15) is 14.4 Å². The Morgan fingerprint density at radius 3 is 2.32 bits per heavy atom. The number of ether oxygens (including phenoxy) is 1. The van der Waals surface area contributed by atoms with Gasteiger partial charge in [0, 0.05) is 42.5 Å². The molecule has 0 radical (unpaired) electrons. The molecule has 1 aliphatic heterocycles. The minimum Gasteiger partial charge on any atom is -0.481 e. The van der Waals surface area contributed by atoms with Gasteiger partial charge in [0.05, 0.1) is 26.1 Å². The van der Waals surface area contributed by atoms with Crippen LogP contribution in [0.25, 0.3) is 0 Å². The maximum absolute atomic E-state index is 12.8. The predicted molar refractivity (Wildman–Crippen MR) is 103 cm³/mol. The number of nitrogens with zero attached hydrogens (tertiary/aromatic N) is 1. The number of Topliss-reactive ketones (excluding diaryl/α,β-unsaturated/α-hetero) is 1. The van der Waals surface area contributed by atoms with E-state index in [1.807, 2.05) is 0 Å². The number of carboxylic acids is 2. The van der Waals surface area contributed by atoms with Crippen LogP contribution in [0.3, 0.4) is 0 Å². The second kappa shape index (κ2) is 10.4. The molecular weight excluding hydrogens is 364 g/mol. The maximum atomic E-state index is 12.8. The third-order valence-corrected chi connectivity index (χ3v) is 5.24. The number of carbonyl (C=O) groups is 3. The minimum atomic E-state index is -1.08. The van der Waals surface area contributed by atoms with Gasteiger partial charge in [-0.1, -0.05) is 6.92 Å². The average Bonchev–Trinajstić information content (AvgIpc) is 2.99. The first-order valence-electron chi connectivity index (χ1n) is 9.81. The fraction of sp³-hybridized carbons (Fsp3) is 0.650. The Morgan fingerprint density at radius 1 is 1.18 bits per heavy atom. The molecule has 1 aromatic heterocycles. The lowest BCUT2D eigenvalue weighted by atomic mass is 9.83. The summed E-state index contributed by atoms with van der Waals surface area (Å²) in [7, 11) is 0. The van der Waals surface area contributed by atoms with Crippen LogP contribution in [0.5, 0.6) is 0 Å². The van der Waals surface area contributed by atoms with Gasteiger partial charge in [0.2, 0.25) is 0 Å². The number of H-pyrrole nitrogens is 1. The van der Waals surface area contributed by atoms with Crippen molar-refractivity contribution in [2.24, 2.45) is 5.92 Å². The van der Waals surface area contributed by atoms with Crippen molar-refractivity contribution in [1.82, 2.24) is 9.88 Å². The van der Waals surface area contributed by atoms with E-state index in [0.29, 0.717) is 5.78 Å². The molecule has 0 aromatic carbocycles. The van der Waals surface area contributed by atoms with Gasteiger partial charge >= 0.3 is 11.9 Å². The van der Waals surface area contributed by atoms with Gasteiger partial charge in [-0.3, -0.25) is 19.3 Å². The lowest BCUT2D eigenvalue weighted by Gasteiger charge is -2.31. The first-order chi connectivity index (χ1) is 13.3. The number of hydrogen-bond acceptors (Lipinski definition) is 5. The Balaban J connectivity index is 0.000000300. The van der Waals surface area contributed by atoms with Gasteiger partial charge < -0.3 is 19.9 Å². The highest BCUT2D eigenvalue weighted by Crippen LogP contribution is 2.30. The molecule has 1 saturated heterocycles. The number of hydrogen-bond donors (Lipinski definition) is 3. The van der Waals surface area contributed by atoms with Gasteiger partial charge in [0.25, 0.3) is 0 Å². The van der Waals surface area contributed by atoms with Crippen LogP contribution in [-0.4, -0.2) is 70.7 Å². The number of carbonyl (C=O) groups excluding carboxylic acids is 1. The van der Waals surface area contributed by atoms with Crippen LogP contribution < -0.4 is 0 Å². The Labute approximate surface area is 164 Å². The van der Waals surface area contributed by atoms with E-state index in [1.54, 1.807) is 0 Å². The number of rotatable bonds is 6. The topological polar surface area (TPSA) is 120 Å². The van der Waals surface area contributed by atoms with E-state index in [4.69, 9.17) is 14.9 Å². The molecular formula is C20H30N2O6. The Kier molecular flexibility index (Phi) is 8.19. The molecule has 1 atom stereocenters. The summed E-state index contributed by atoms with van der Waals surface area (Å²) in [6.07, 6.45) is 2.33. The van der Waals surface area contributed by atoms with E-state index in [2.05, 4.69) is 23.7 Å². The van der Waals surface area contributed by atoms with Crippen molar-refractivity contribution in [3.63, 3.8) is 0 Å². The predicted octanol–water partition coefficient (Wildman–Crippen LogP) is 1.90. The molecule has 1 aliphatic carbocycles. The summed E-state index contributed by atoms with van der Waals surface area (Å²) >= 11 is 0. The molecule has 0 saturated carbocycles. The fourth-order valence-electron chi connectivity index (χ4n) is 3.80. The van der Waals surface area contributed by atoms with Crippen molar-refractivity contribution in [2.45, 2.75) is 46.0 Å². The van der Waals surface area contributed by atoms with Crippen LogP contribution >= 0.6 is 0 Å². The number of fused-ring (bicyclic) bond motifs is 1. The Bertz CT molecular complexity index is 692. The summed E-state index contributed by atoms with van der Waals surface area (Å²) in [5.41, 5.74) is 4.59. The van der Waals surface area contributed by atoms with E-state index in [-0.39, 0.29) is 18.8 Å². The van der Waals surface area contributed by atoms with Crippen molar-refractivity contribution in [2.75, 3.05) is 32.8 Å². The highest BCUT2D eigenvalue weighted by Gasteiger charge is 2.32. The van der Waals surface area contributed by atoms with Gasteiger partial charge in [-0.25, -0.2) is 0 Å². The normalized spacial score (nSPS) is 19.5. The highest BCUT2D eigenvalue weighted by atomic mass is 16.5. The van der Waals surface area contributed by atoms with Crippen molar-refractivity contribution in [3.05, 3.63) is 22.5 Å². The number of nitrogens with one attached hydrogen (secondary N) is 1. The van der Waals surface area contributed by atoms with E-state index >= 15 is 0 Å². The third-order valence-electron chi connectivity index (χ3n) is 5.24. The molecule has 28 heavy (non-hydrogen) atoms. The monoisotopic (exact) mass is 394 g/mol. The van der Waals surface area contributed by atoms with Gasteiger partial charge in [0.15, 0.2) is 5.78 Å². The van der Waals surface area contributed by atoms with Crippen molar-refractivity contribution in [3.8, 4) is 0 Å². The van der Waals surface area contributed by atoms with Crippen LogP contribution in [0.2, 0.25) is 0 Å². The second-order valence-corrected chi connectivity index (χ2v) is 7.24. The molecule has 0 bridgehead atoms. The highest BCUT2D eigenvalue weighted by molar-refractivity contribution is 6.01. The molecule has 8 heteroatoms. The number of aromatic nitrogens is 1. The molecule has 156 valence electrons. The summed E-state index contributed by atoms with van der Waals surface area (Å²) < 4.78 is 5.38. The van der Waals surface area contributed by atoms with Crippen molar-refractivity contribution in [1.29, 1.82) is 0 Å². The Hall–Kier alpha value is -2.19. The summed E-state index contributed by atoms with van der Waals surface area (Å²) in [4.78, 5) is 37.9. The van der Waals surface area contributed by atoms with E-state index in [1.165, 1.54) is 17.0 Å². The lowest BCUT2D eigenvalue weighted by Crippen LogP contribution is -2.42. The maximum Gasteiger partial charge on any atom is 0.303 e. The van der Waals surface area contributed by atoms with Gasteiger partial charge in [-0.15, -0.1) is 0 Å². The number of ketones is 1. The molecule has 3 rings (SSSR count). The minimum absolute atomic E-state index is 0.168. The quantitative estimate of drug-likeness (QED) is 0.674. The van der Waals surface area contributed by atoms with Crippen LogP contribution in [0.1, 0.15) is 53.5 Å². The van der Waals surface area contributed by atoms with Crippen LogP contribution in [0.4, 0.5) is 0 Å². The molecule has 1 fully saturated rings. The molecule has 3 N–H and O–H groups in total. The van der Waals surface area contributed by atoms with Crippen molar-refractivity contribution >= 4 is 17.7 Å². The second-order valence-electron chi connectivity index (χ2n) is 7.24. The summed E-state index contributed by atoms with van der Waals surface area (Å²) in [5, 5.41) is 15.8. The third kappa shape index (κ3) is 5.90.